The molecule has 0 spiro atoms. The van der Waals surface area contributed by atoms with E-state index in [2.05, 4.69) is 20.8 Å². The third-order valence-corrected chi connectivity index (χ3v) is 19.8. The van der Waals surface area contributed by atoms with Crippen molar-refractivity contribution in [2.24, 2.45) is 0 Å². The second-order valence-corrected chi connectivity index (χ2v) is 28.9. The van der Waals surface area contributed by atoms with Crippen molar-refractivity contribution in [3.63, 3.8) is 0 Å². The van der Waals surface area contributed by atoms with Crippen LogP contribution in [0.2, 0.25) is 0 Å². The molecule has 18 atom stereocenters. The Kier molecular flexibility index (Phi) is 50.3. The quantitative estimate of drug-likeness (QED) is 0.00673. The van der Waals surface area contributed by atoms with Crippen LogP contribution in [-0.4, -0.2) is 204 Å². The molecule has 2 saturated heterocycles. The predicted molar refractivity (Wildman–Crippen MR) is 370 cm³/mol. The van der Waals surface area contributed by atoms with Crippen LogP contribution in [0.4, 0.5) is 0 Å². The van der Waals surface area contributed by atoms with Gasteiger partial charge in [0.25, 0.3) is 0 Å². The highest BCUT2D eigenvalue weighted by molar-refractivity contribution is 7.47. The smallest absolute Gasteiger partial charge is 0.463 e. The SMILES string of the molecule is CCCCCCCCCCCCC/C=C/C=C/C(=O)OC(COC(=O)CCCCCCCCCCCCCC)COP(=O)(O)OC1C(OC2OC(CO)C(O)C(O)C2O)C(O)C(O)C(O)C1OC1OC(COC(=O)CCCCCCCCCCCCCCCCCC)C(O)C(O)C1O. The Labute approximate surface area is 585 Å². The van der Waals surface area contributed by atoms with Crippen LogP contribution in [0.15, 0.2) is 24.3 Å². The largest absolute Gasteiger partial charge is 0.472 e. The third kappa shape index (κ3) is 37.7. The predicted octanol–water partition coefficient (Wildman–Crippen LogP) is 10.5. The zero-order valence-corrected chi connectivity index (χ0v) is 60.7. The summed E-state index contributed by atoms with van der Waals surface area (Å²) in [6, 6.07) is 0. The van der Waals surface area contributed by atoms with Gasteiger partial charge in [-0.25, -0.2) is 9.36 Å². The molecule has 11 N–H and O–H groups in total. The van der Waals surface area contributed by atoms with E-state index in [-0.39, 0.29) is 12.8 Å². The Hall–Kier alpha value is -2.56. The standard InChI is InChI=1S/C73H133O24P/c1-4-7-10-13-16-19-22-25-27-29-30-33-36-39-42-45-48-58(76)90-53-56-61(79)63(81)68(86)73(94-56)96-70-66(84)64(82)65(83)69(95-72-67(85)62(80)60(78)55(50-74)93-72)71(70)97-98(87,88)91-52-54(51-89-57(75)47-44-41-38-35-32-24-21-18-15-12-9-6-3)92-59(77)49-46-43-40-37-34-31-28-26-23-20-17-14-11-8-5-2/h40,43,46,49,54-56,60-74,78-86H,4-39,41-42,44-45,47-48,50-53H2,1-3H3,(H,87,88)/b43-40+,49-46+. The average molecular weight is 1430 g/mol. The number of aliphatic hydroxyl groups excluding tert-OH is 10. The number of hydrogen-bond acceptors (Lipinski definition) is 23. The lowest BCUT2D eigenvalue weighted by atomic mass is 9.84. The van der Waals surface area contributed by atoms with E-state index in [4.69, 9.17) is 42.2 Å². The Balaban J connectivity index is 1.74. The number of carbonyl (C=O) groups excluding carboxylic acids is 3. The highest BCUT2D eigenvalue weighted by Crippen LogP contribution is 2.49. The van der Waals surface area contributed by atoms with Gasteiger partial charge in [-0.3, -0.25) is 18.6 Å². The summed E-state index contributed by atoms with van der Waals surface area (Å²) in [5.74, 6) is -2.24. The van der Waals surface area contributed by atoms with Gasteiger partial charge in [0, 0.05) is 18.9 Å². The van der Waals surface area contributed by atoms with E-state index >= 15 is 0 Å². The fourth-order valence-corrected chi connectivity index (χ4v) is 13.6. The van der Waals surface area contributed by atoms with Crippen LogP contribution in [0.25, 0.3) is 0 Å². The molecule has 0 aromatic heterocycles. The van der Waals surface area contributed by atoms with E-state index in [1.54, 1.807) is 6.08 Å². The van der Waals surface area contributed by atoms with E-state index in [1.807, 2.05) is 6.08 Å². The molecule has 3 fully saturated rings. The molecule has 0 aromatic rings. The van der Waals surface area contributed by atoms with E-state index in [9.17, 15) is 74.9 Å². The molecule has 0 aromatic carbocycles. The zero-order chi connectivity index (χ0) is 71.8. The van der Waals surface area contributed by atoms with Crippen molar-refractivity contribution in [2.45, 2.75) is 395 Å². The molecule has 0 bridgehead atoms. The van der Waals surface area contributed by atoms with Gasteiger partial charge in [0.1, 0.15) is 98.7 Å². The zero-order valence-electron chi connectivity index (χ0n) is 59.8. The topological polar surface area (TPSA) is 374 Å². The van der Waals surface area contributed by atoms with Gasteiger partial charge in [-0.15, -0.1) is 0 Å². The first-order valence-corrected chi connectivity index (χ1v) is 39.7. The number of carbonyl (C=O) groups is 3. The van der Waals surface area contributed by atoms with Crippen LogP contribution in [0.3, 0.4) is 0 Å². The Morgan fingerprint density at radius 3 is 1.18 bits per heavy atom. The highest BCUT2D eigenvalue weighted by Gasteiger charge is 2.58. The molecule has 574 valence electrons. The van der Waals surface area contributed by atoms with Crippen LogP contribution in [0, 0.1) is 0 Å². The minimum absolute atomic E-state index is 0.0285. The van der Waals surface area contributed by atoms with Gasteiger partial charge < -0.3 is 89.1 Å². The van der Waals surface area contributed by atoms with Crippen molar-refractivity contribution >= 4 is 25.7 Å². The van der Waals surface area contributed by atoms with Gasteiger partial charge >= 0.3 is 25.7 Å². The molecular weight excluding hydrogens is 1290 g/mol. The third-order valence-electron chi connectivity index (χ3n) is 18.8. The Morgan fingerprint density at radius 1 is 0.418 bits per heavy atom. The summed E-state index contributed by atoms with van der Waals surface area (Å²) in [5, 5.41) is 110. The van der Waals surface area contributed by atoms with E-state index < -0.39 is 156 Å². The molecule has 98 heavy (non-hydrogen) atoms. The monoisotopic (exact) mass is 1420 g/mol. The maximum absolute atomic E-state index is 14.3. The summed E-state index contributed by atoms with van der Waals surface area (Å²) in [6.45, 7) is 3.35. The van der Waals surface area contributed by atoms with Crippen LogP contribution in [0.1, 0.15) is 290 Å². The maximum atomic E-state index is 14.3. The minimum Gasteiger partial charge on any atom is -0.463 e. The summed E-state index contributed by atoms with van der Waals surface area (Å²) in [5.41, 5.74) is 0. The van der Waals surface area contributed by atoms with Crippen LogP contribution < -0.4 is 0 Å². The molecular formula is C73H133O24P. The number of unbranched alkanes of at least 4 members (excludes halogenated alkanes) is 37. The van der Waals surface area contributed by atoms with Gasteiger partial charge in [-0.05, 0) is 25.7 Å². The molecule has 1 saturated carbocycles. The van der Waals surface area contributed by atoms with Gasteiger partial charge in [0.2, 0.25) is 0 Å². The molecule has 3 aliphatic rings. The van der Waals surface area contributed by atoms with E-state index in [0.717, 1.165) is 96.0 Å². The second kappa shape index (κ2) is 55.0. The van der Waals surface area contributed by atoms with Crippen LogP contribution >= 0.6 is 7.82 Å². The van der Waals surface area contributed by atoms with Crippen molar-refractivity contribution in [3.8, 4) is 0 Å². The molecule has 2 aliphatic heterocycles. The summed E-state index contributed by atoms with van der Waals surface area (Å²) in [6.07, 6.45) is 16.0. The molecule has 25 heteroatoms. The van der Waals surface area contributed by atoms with Gasteiger partial charge in [-0.1, -0.05) is 270 Å². The molecule has 0 amide bonds. The fraction of sp³-hybridized carbons (Fsp3) is 0.904. The summed E-state index contributed by atoms with van der Waals surface area (Å²) < 4.78 is 64.8. The van der Waals surface area contributed by atoms with Gasteiger partial charge in [0.05, 0.1) is 13.2 Å². The molecule has 1 aliphatic carbocycles. The summed E-state index contributed by atoms with van der Waals surface area (Å²) in [7, 11) is -5.72. The van der Waals surface area contributed by atoms with Crippen molar-refractivity contribution in [2.75, 3.05) is 26.4 Å². The number of phosphoric ester groups is 1. The lowest BCUT2D eigenvalue weighted by Gasteiger charge is -2.49. The number of rotatable bonds is 59. The maximum Gasteiger partial charge on any atom is 0.472 e. The first-order valence-electron chi connectivity index (χ1n) is 38.2. The lowest BCUT2D eigenvalue weighted by molar-refractivity contribution is -0.360. The molecule has 3 rings (SSSR count). The van der Waals surface area contributed by atoms with E-state index in [0.29, 0.717) is 12.8 Å². The highest BCUT2D eigenvalue weighted by atomic mass is 31.2. The van der Waals surface area contributed by atoms with Crippen molar-refractivity contribution in [1.82, 2.24) is 0 Å². The number of ether oxygens (including phenoxy) is 7. The summed E-state index contributed by atoms with van der Waals surface area (Å²) in [4.78, 5) is 50.8. The molecule has 18 unspecified atom stereocenters. The second-order valence-electron chi connectivity index (χ2n) is 27.4. The number of phosphoric acid groups is 1. The molecule has 2 heterocycles. The van der Waals surface area contributed by atoms with E-state index in [1.165, 1.54) is 160 Å². The normalized spacial score (nSPS) is 27.7. The van der Waals surface area contributed by atoms with Gasteiger partial charge in [-0.2, -0.15) is 0 Å². The molecule has 0 radical (unpaired) electrons. The first kappa shape index (κ1) is 89.7. The van der Waals surface area contributed by atoms with Crippen LogP contribution in [0.5, 0.6) is 0 Å². The Bertz CT molecular complexity index is 2120. The number of allylic oxidation sites excluding steroid dienone is 3. The number of hydrogen-bond donors (Lipinski definition) is 11. The van der Waals surface area contributed by atoms with Crippen molar-refractivity contribution in [1.29, 1.82) is 0 Å². The van der Waals surface area contributed by atoms with Crippen molar-refractivity contribution < 1.29 is 117 Å². The Morgan fingerprint density at radius 2 is 0.776 bits per heavy atom. The lowest BCUT2D eigenvalue weighted by Crippen LogP contribution is -2.69. The fourth-order valence-electron chi connectivity index (χ4n) is 12.6. The number of esters is 3. The molecule has 24 nitrogen and oxygen atoms in total. The van der Waals surface area contributed by atoms with Gasteiger partial charge in [0.15, 0.2) is 18.7 Å². The minimum atomic E-state index is -5.72. The van der Waals surface area contributed by atoms with Crippen LogP contribution in [-0.2, 0) is 61.2 Å². The summed E-state index contributed by atoms with van der Waals surface area (Å²) >= 11 is 0. The average Bonchev–Trinajstić information content (AvgIpc) is 0.762. The van der Waals surface area contributed by atoms with Crippen molar-refractivity contribution in [3.05, 3.63) is 24.3 Å². The number of aliphatic hydroxyl groups is 10. The first-order chi connectivity index (χ1) is 47.3.